The standard InChI is InChI=1S/C25H27N5O4/c1-25(2,33)12-11-17-9-10-20-19(13-17)30(3)24(32)18(15-34-20)26-23(31)22-27-21(28-29-22)14-16-7-5-4-6-8-16/h4-10,13,18,24,32-33H,14-15H2,1-3H3,(H,26,31)(H,27,28,29)/t18-,24?/m1/s1. The molecule has 4 N–H and O–H groups in total. The van der Waals surface area contributed by atoms with E-state index in [0.29, 0.717) is 29.2 Å². The summed E-state index contributed by atoms with van der Waals surface area (Å²) in [6.07, 6.45) is -0.544. The number of nitrogens with zero attached hydrogens (tertiary/aromatic N) is 3. The molecule has 1 aromatic heterocycles. The number of hydrogen-bond acceptors (Lipinski definition) is 7. The van der Waals surface area contributed by atoms with Crippen LogP contribution in [-0.2, 0) is 6.42 Å². The second kappa shape index (κ2) is 9.55. The van der Waals surface area contributed by atoms with Crippen molar-refractivity contribution in [2.45, 2.75) is 38.1 Å². The molecule has 1 aliphatic rings. The van der Waals surface area contributed by atoms with Crippen molar-refractivity contribution in [1.29, 1.82) is 0 Å². The number of anilines is 1. The zero-order chi connectivity index (χ0) is 24.3. The third-order valence-electron chi connectivity index (χ3n) is 5.29. The van der Waals surface area contributed by atoms with Crippen LogP contribution in [0.5, 0.6) is 5.75 Å². The minimum absolute atomic E-state index is 0.00766. The van der Waals surface area contributed by atoms with Gasteiger partial charge in [-0.25, -0.2) is 4.98 Å². The zero-order valence-corrected chi connectivity index (χ0v) is 19.2. The van der Waals surface area contributed by atoms with Gasteiger partial charge in [-0.3, -0.25) is 9.89 Å². The molecule has 2 aromatic carbocycles. The predicted octanol–water partition coefficient (Wildman–Crippen LogP) is 1.46. The molecule has 0 fully saturated rings. The molecule has 9 heteroatoms. The molecule has 9 nitrogen and oxygen atoms in total. The quantitative estimate of drug-likeness (QED) is 0.434. The number of fused-ring (bicyclic) bond motifs is 1. The predicted molar refractivity (Wildman–Crippen MR) is 126 cm³/mol. The molecular weight excluding hydrogens is 434 g/mol. The van der Waals surface area contributed by atoms with Gasteiger partial charge in [-0.05, 0) is 37.6 Å². The lowest BCUT2D eigenvalue weighted by Crippen LogP contribution is -2.52. The van der Waals surface area contributed by atoms with Gasteiger partial charge in [0.25, 0.3) is 5.91 Å². The molecule has 0 spiro atoms. The summed E-state index contributed by atoms with van der Waals surface area (Å²) in [5.74, 6) is 6.28. The van der Waals surface area contributed by atoms with Crippen molar-refractivity contribution in [1.82, 2.24) is 20.5 Å². The van der Waals surface area contributed by atoms with Crippen LogP contribution in [0.3, 0.4) is 0 Å². The highest BCUT2D eigenvalue weighted by atomic mass is 16.5. The Balaban J connectivity index is 1.45. The van der Waals surface area contributed by atoms with E-state index >= 15 is 0 Å². The summed E-state index contributed by atoms with van der Waals surface area (Å²) >= 11 is 0. The van der Waals surface area contributed by atoms with Gasteiger partial charge >= 0.3 is 0 Å². The Morgan fingerprint density at radius 2 is 2.06 bits per heavy atom. The maximum Gasteiger partial charge on any atom is 0.291 e. The molecular formula is C25H27N5O4. The summed E-state index contributed by atoms with van der Waals surface area (Å²) < 4.78 is 5.86. The van der Waals surface area contributed by atoms with Crippen molar-refractivity contribution in [2.75, 3.05) is 18.6 Å². The molecule has 1 unspecified atom stereocenters. The average Bonchev–Trinajstić information content (AvgIpc) is 3.24. The summed E-state index contributed by atoms with van der Waals surface area (Å²) in [6.45, 7) is 3.27. The van der Waals surface area contributed by atoms with Crippen molar-refractivity contribution >= 4 is 11.6 Å². The zero-order valence-electron chi connectivity index (χ0n) is 19.2. The molecule has 2 heterocycles. The lowest BCUT2D eigenvalue weighted by molar-refractivity contribution is 0.0763. The third-order valence-corrected chi connectivity index (χ3v) is 5.29. The van der Waals surface area contributed by atoms with Gasteiger partial charge in [-0.15, -0.1) is 5.10 Å². The Labute approximate surface area is 197 Å². The lowest BCUT2D eigenvalue weighted by Gasteiger charge is -2.28. The van der Waals surface area contributed by atoms with Crippen molar-refractivity contribution in [3.8, 4) is 17.6 Å². The van der Waals surface area contributed by atoms with Crippen molar-refractivity contribution < 1.29 is 19.7 Å². The van der Waals surface area contributed by atoms with Gasteiger partial charge < -0.3 is 25.2 Å². The number of carbonyl (C=O) groups excluding carboxylic acids is 1. The van der Waals surface area contributed by atoms with Crippen LogP contribution in [0.2, 0.25) is 0 Å². The second-order valence-electron chi connectivity index (χ2n) is 8.68. The maximum atomic E-state index is 12.8. The van der Waals surface area contributed by atoms with Crippen LogP contribution in [-0.4, -0.2) is 62.8 Å². The molecule has 3 aromatic rings. The van der Waals surface area contributed by atoms with E-state index in [9.17, 15) is 15.0 Å². The Hall–Kier alpha value is -3.87. The summed E-state index contributed by atoms with van der Waals surface area (Å²) in [5, 5.41) is 30.3. The van der Waals surface area contributed by atoms with Gasteiger partial charge in [0, 0.05) is 19.0 Å². The Morgan fingerprint density at radius 1 is 1.29 bits per heavy atom. The van der Waals surface area contributed by atoms with Crippen LogP contribution >= 0.6 is 0 Å². The first kappa shape index (κ1) is 23.3. The number of aliphatic hydroxyl groups excluding tert-OH is 1. The maximum absolute atomic E-state index is 12.8. The molecule has 0 aliphatic carbocycles. The number of likely N-dealkylation sites (N-methyl/N-ethyl adjacent to an activating group) is 1. The normalized spacial score (nSPS) is 17.6. The second-order valence-corrected chi connectivity index (χ2v) is 8.68. The van der Waals surface area contributed by atoms with Crippen LogP contribution in [0.1, 0.15) is 41.4 Å². The van der Waals surface area contributed by atoms with E-state index in [2.05, 4.69) is 32.3 Å². The summed E-state index contributed by atoms with van der Waals surface area (Å²) in [4.78, 5) is 18.7. The molecule has 0 bridgehead atoms. The molecule has 1 amide bonds. The fourth-order valence-electron chi connectivity index (χ4n) is 3.51. The van der Waals surface area contributed by atoms with Gasteiger partial charge in [0.2, 0.25) is 5.82 Å². The fraction of sp³-hybridized carbons (Fsp3) is 0.320. The SMILES string of the molecule is CN1c2cc(C#CC(C)(C)O)ccc2OC[C@@H](NC(=O)c2n[nH]c(Cc3ccccc3)n2)C1O. The first-order chi connectivity index (χ1) is 16.2. The van der Waals surface area contributed by atoms with Crippen molar-refractivity contribution in [3.63, 3.8) is 0 Å². The van der Waals surface area contributed by atoms with Crippen LogP contribution in [0.15, 0.2) is 48.5 Å². The minimum Gasteiger partial charge on any atom is -0.489 e. The Morgan fingerprint density at radius 3 is 2.79 bits per heavy atom. The van der Waals surface area contributed by atoms with Crippen LogP contribution in [0, 0.1) is 11.8 Å². The largest absolute Gasteiger partial charge is 0.489 e. The smallest absolute Gasteiger partial charge is 0.291 e. The highest BCUT2D eigenvalue weighted by molar-refractivity contribution is 5.90. The highest BCUT2D eigenvalue weighted by Crippen LogP contribution is 2.32. The van der Waals surface area contributed by atoms with Crippen LogP contribution in [0.4, 0.5) is 5.69 Å². The number of rotatable bonds is 4. The van der Waals surface area contributed by atoms with E-state index in [1.165, 1.54) is 0 Å². The van der Waals surface area contributed by atoms with E-state index in [1.807, 2.05) is 30.3 Å². The van der Waals surface area contributed by atoms with Gasteiger partial charge in [-0.2, -0.15) is 0 Å². The van der Waals surface area contributed by atoms with E-state index in [4.69, 9.17) is 4.74 Å². The molecule has 0 saturated carbocycles. The number of aromatic amines is 1. The Kier molecular flexibility index (Phi) is 6.54. The van der Waals surface area contributed by atoms with E-state index in [0.717, 1.165) is 5.56 Å². The number of hydrogen-bond donors (Lipinski definition) is 4. The topological polar surface area (TPSA) is 124 Å². The lowest BCUT2D eigenvalue weighted by atomic mass is 10.1. The number of benzene rings is 2. The third kappa shape index (κ3) is 5.54. The van der Waals surface area contributed by atoms with Crippen LogP contribution < -0.4 is 15.0 Å². The number of ether oxygens (including phenoxy) is 1. The number of nitrogens with one attached hydrogen (secondary N) is 2. The number of amides is 1. The number of aromatic nitrogens is 3. The van der Waals surface area contributed by atoms with Crippen LogP contribution in [0.25, 0.3) is 0 Å². The first-order valence-corrected chi connectivity index (χ1v) is 10.9. The molecule has 4 rings (SSSR count). The van der Waals surface area contributed by atoms with Gasteiger partial charge in [0.1, 0.15) is 29.8 Å². The summed E-state index contributed by atoms with van der Waals surface area (Å²) in [6, 6.07) is 14.3. The first-order valence-electron chi connectivity index (χ1n) is 10.9. The molecule has 0 radical (unpaired) electrons. The molecule has 0 saturated heterocycles. The summed E-state index contributed by atoms with van der Waals surface area (Å²) in [7, 11) is 1.70. The summed E-state index contributed by atoms with van der Waals surface area (Å²) in [5.41, 5.74) is 1.21. The van der Waals surface area contributed by atoms with E-state index in [1.54, 1.807) is 44.0 Å². The van der Waals surface area contributed by atoms with E-state index in [-0.39, 0.29) is 12.4 Å². The number of H-pyrrole nitrogens is 1. The van der Waals surface area contributed by atoms with Gasteiger partial charge in [-0.1, -0.05) is 42.2 Å². The van der Waals surface area contributed by atoms with Crippen molar-refractivity contribution in [3.05, 3.63) is 71.3 Å². The fourth-order valence-corrected chi connectivity index (χ4v) is 3.51. The van der Waals surface area contributed by atoms with Gasteiger partial charge in [0.15, 0.2) is 6.23 Å². The van der Waals surface area contributed by atoms with Crippen molar-refractivity contribution in [2.24, 2.45) is 0 Å². The molecule has 2 atom stereocenters. The number of carbonyl (C=O) groups is 1. The van der Waals surface area contributed by atoms with E-state index < -0.39 is 23.8 Å². The minimum atomic E-state index is -1.12. The molecule has 1 aliphatic heterocycles. The highest BCUT2D eigenvalue weighted by Gasteiger charge is 2.32. The molecule has 176 valence electrons. The Bertz CT molecular complexity index is 1220. The van der Waals surface area contributed by atoms with Gasteiger partial charge in [0.05, 0.1) is 5.69 Å². The average molecular weight is 462 g/mol. The number of aliphatic hydroxyl groups is 2. The molecule has 34 heavy (non-hydrogen) atoms. The monoisotopic (exact) mass is 461 g/mol.